The summed E-state index contributed by atoms with van der Waals surface area (Å²) in [5.41, 5.74) is 2.49. The van der Waals surface area contributed by atoms with Gasteiger partial charge < -0.3 is 5.73 Å². The second-order valence-electron chi connectivity index (χ2n) is 3.68. The zero-order valence-electron chi connectivity index (χ0n) is 9.35. The standard InChI is InChI=1S/C8H12N4.CH3NO/c1-7(2,5-9)11-12-8(3,4)6-10;2-1-3/h1-4H3;1H,(H2,2,3). The number of amides is 1. The third kappa shape index (κ3) is 9.97. The fourth-order valence-electron chi connectivity index (χ4n) is 0.295. The predicted molar refractivity (Wildman–Crippen MR) is 54.5 cm³/mol. The van der Waals surface area contributed by atoms with E-state index in [1.54, 1.807) is 27.7 Å². The lowest BCUT2D eigenvalue weighted by Gasteiger charge is -2.11. The molecule has 0 unspecified atom stereocenters. The number of rotatable bonds is 2. The minimum atomic E-state index is -0.839. The topological polar surface area (TPSA) is 115 Å². The molecular weight excluding hydrogens is 194 g/mol. The van der Waals surface area contributed by atoms with Crippen LogP contribution in [-0.2, 0) is 4.79 Å². The van der Waals surface area contributed by atoms with E-state index >= 15 is 0 Å². The lowest BCUT2D eigenvalue weighted by atomic mass is 10.1. The Hall–Kier alpha value is -1.95. The zero-order valence-corrected chi connectivity index (χ0v) is 9.35. The van der Waals surface area contributed by atoms with E-state index in [-0.39, 0.29) is 6.41 Å². The Balaban J connectivity index is 0. The third-order valence-electron chi connectivity index (χ3n) is 1.10. The van der Waals surface area contributed by atoms with Gasteiger partial charge in [-0.05, 0) is 27.7 Å². The normalized spacial score (nSPS) is 10.8. The van der Waals surface area contributed by atoms with E-state index in [9.17, 15) is 0 Å². The van der Waals surface area contributed by atoms with Crippen molar-refractivity contribution in [2.24, 2.45) is 16.0 Å². The van der Waals surface area contributed by atoms with Gasteiger partial charge in [-0.25, -0.2) is 0 Å². The van der Waals surface area contributed by atoms with Gasteiger partial charge in [0.2, 0.25) is 6.41 Å². The quantitative estimate of drug-likeness (QED) is 0.543. The summed E-state index contributed by atoms with van der Waals surface area (Å²) < 4.78 is 0. The van der Waals surface area contributed by atoms with Crippen LogP contribution in [0.2, 0.25) is 0 Å². The molecule has 2 N–H and O–H groups in total. The Labute approximate surface area is 89.4 Å². The number of azo groups is 1. The number of primary amides is 1. The van der Waals surface area contributed by atoms with E-state index < -0.39 is 11.1 Å². The highest BCUT2D eigenvalue weighted by atomic mass is 16.1. The van der Waals surface area contributed by atoms with Crippen molar-refractivity contribution in [2.45, 2.75) is 38.8 Å². The molecule has 0 aliphatic rings. The van der Waals surface area contributed by atoms with E-state index in [2.05, 4.69) is 16.0 Å². The first-order valence-electron chi connectivity index (χ1n) is 4.16. The van der Waals surface area contributed by atoms with Crippen molar-refractivity contribution in [3.63, 3.8) is 0 Å². The van der Waals surface area contributed by atoms with Gasteiger partial charge in [-0.15, -0.1) is 0 Å². The highest BCUT2D eigenvalue weighted by molar-refractivity contribution is 5.42. The maximum absolute atomic E-state index is 8.58. The number of nitrogens with two attached hydrogens (primary N) is 1. The second-order valence-corrected chi connectivity index (χ2v) is 3.68. The van der Waals surface area contributed by atoms with E-state index in [0.29, 0.717) is 0 Å². The summed E-state index contributed by atoms with van der Waals surface area (Å²) in [6.07, 6.45) is 0.250. The molecule has 0 aliphatic carbocycles. The van der Waals surface area contributed by atoms with Gasteiger partial charge in [-0.3, -0.25) is 4.79 Å². The van der Waals surface area contributed by atoms with Gasteiger partial charge in [0, 0.05) is 0 Å². The number of hydrogen-bond donors (Lipinski definition) is 1. The number of nitriles is 2. The number of carbonyl (C=O) groups excluding carboxylic acids is 1. The van der Waals surface area contributed by atoms with Crippen molar-refractivity contribution in [2.75, 3.05) is 0 Å². The molecule has 0 rings (SSSR count). The van der Waals surface area contributed by atoms with Crippen LogP contribution in [0.25, 0.3) is 0 Å². The van der Waals surface area contributed by atoms with Crippen LogP contribution < -0.4 is 5.73 Å². The molecular formula is C9H15N5O. The van der Waals surface area contributed by atoms with Gasteiger partial charge in [-0.2, -0.15) is 20.8 Å². The van der Waals surface area contributed by atoms with E-state index in [0.717, 1.165) is 0 Å². The predicted octanol–water partition coefficient (Wildman–Crippen LogP) is 1.14. The Kier molecular flexibility index (Phi) is 6.72. The van der Waals surface area contributed by atoms with Crippen LogP contribution in [0.5, 0.6) is 0 Å². The molecule has 0 heterocycles. The molecule has 0 spiro atoms. The van der Waals surface area contributed by atoms with Crippen molar-refractivity contribution in [1.29, 1.82) is 10.5 Å². The van der Waals surface area contributed by atoms with Crippen LogP contribution in [0.3, 0.4) is 0 Å². The number of carbonyl (C=O) groups is 1. The fraction of sp³-hybridized carbons (Fsp3) is 0.667. The van der Waals surface area contributed by atoms with Crippen LogP contribution in [0.1, 0.15) is 27.7 Å². The van der Waals surface area contributed by atoms with Gasteiger partial charge in [0.05, 0.1) is 12.1 Å². The van der Waals surface area contributed by atoms with Crippen LogP contribution in [-0.4, -0.2) is 17.5 Å². The molecule has 6 heteroatoms. The highest BCUT2D eigenvalue weighted by Crippen LogP contribution is 2.13. The minimum Gasteiger partial charge on any atom is -0.372 e. The number of nitrogens with zero attached hydrogens (tertiary/aromatic N) is 4. The molecule has 0 aromatic carbocycles. The van der Waals surface area contributed by atoms with Gasteiger partial charge in [0.1, 0.15) is 0 Å². The maximum atomic E-state index is 8.58. The summed E-state index contributed by atoms with van der Waals surface area (Å²) in [5.74, 6) is 0. The van der Waals surface area contributed by atoms with E-state index in [1.807, 2.05) is 12.1 Å². The highest BCUT2D eigenvalue weighted by Gasteiger charge is 2.19. The van der Waals surface area contributed by atoms with Gasteiger partial charge >= 0.3 is 0 Å². The molecule has 0 fully saturated rings. The Morgan fingerprint density at radius 3 is 1.40 bits per heavy atom. The Morgan fingerprint density at radius 2 is 1.27 bits per heavy atom. The van der Waals surface area contributed by atoms with Gasteiger partial charge in [-0.1, -0.05) is 0 Å². The molecule has 1 amide bonds. The molecule has 0 atom stereocenters. The first kappa shape index (κ1) is 15.5. The van der Waals surface area contributed by atoms with Crippen molar-refractivity contribution in [3.8, 4) is 12.1 Å². The Morgan fingerprint density at radius 1 is 1.07 bits per heavy atom. The fourth-order valence-corrected chi connectivity index (χ4v) is 0.295. The van der Waals surface area contributed by atoms with Crippen molar-refractivity contribution >= 4 is 6.41 Å². The first-order chi connectivity index (χ1) is 6.74. The average Bonchev–Trinajstić information content (AvgIpc) is 2.17. The average molecular weight is 209 g/mol. The monoisotopic (exact) mass is 209 g/mol. The molecule has 0 aromatic heterocycles. The summed E-state index contributed by atoms with van der Waals surface area (Å²) in [6.45, 7) is 6.57. The summed E-state index contributed by atoms with van der Waals surface area (Å²) in [7, 11) is 0. The SMILES string of the molecule is CC(C)(C#N)N=NC(C)(C)C#N.NC=O. The van der Waals surface area contributed by atoms with Crippen molar-refractivity contribution in [3.05, 3.63) is 0 Å². The number of hydrogen-bond acceptors (Lipinski definition) is 5. The van der Waals surface area contributed by atoms with Crippen molar-refractivity contribution in [1.82, 2.24) is 0 Å². The minimum absolute atomic E-state index is 0.250. The van der Waals surface area contributed by atoms with Gasteiger partial charge in [0.25, 0.3) is 0 Å². The lowest BCUT2D eigenvalue weighted by Crippen LogP contribution is -2.17. The second kappa shape index (κ2) is 6.50. The van der Waals surface area contributed by atoms with Crippen LogP contribution in [0.15, 0.2) is 10.2 Å². The van der Waals surface area contributed by atoms with Crippen LogP contribution in [0.4, 0.5) is 0 Å². The van der Waals surface area contributed by atoms with E-state index in [1.165, 1.54) is 0 Å². The zero-order chi connectivity index (χ0) is 12.5. The summed E-state index contributed by atoms with van der Waals surface area (Å²) in [4.78, 5) is 8.58. The molecule has 0 aromatic rings. The lowest BCUT2D eigenvalue weighted by molar-refractivity contribution is -0.106. The molecule has 6 nitrogen and oxygen atoms in total. The summed E-state index contributed by atoms with van der Waals surface area (Å²) in [6, 6.07) is 3.94. The third-order valence-corrected chi connectivity index (χ3v) is 1.10. The Bertz CT molecular complexity index is 277. The molecule has 0 bridgehead atoms. The van der Waals surface area contributed by atoms with Crippen LogP contribution >= 0.6 is 0 Å². The molecule has 0 aliphatic heterocycles. The van der Waals surface area contributed by atoms with Crippen LogP contribution in [0, 0.1) is 22.7 Å². The van der Waals surface area contributed by atoms with Gasteiger partial charge in [0.15, 0.2) is 11.1 Å². The summed E-state index contributed by atoms with van der Waals surface area (Å²) in [5, 5.41) is 24.7. The maximum Gasteiger partial charge on any atom is 0.204 e. The van der Waals surface area contributed by atoms with E-state index in [4.69, 9.17) is 15.3 Å². The molecule has 82 valence electrons. The molecule has 0 saturated heterocycles. The summed E-state index contributed by atoms with van der Waals surface area (Å²) >= 11 is 0. The molecule has 15 heavy (non-hydrogen) atoms. The molecule has 0 saturated carbocycles. The van der Waals surface area contributed by atoms with Crippen molar-refractivity contribution < 1.29 is 4.79 Å². The molecule has 0 radical (unpaired) electrons. The smallest absolute Gasteiger partial charge is 0.204 e. The largest absolute Gasteiger partial charge is 0.372 e. The first-order valence-corrected chi connectivity index (χ1v) is 4.16.